The van der Waals surface area contributed by atoms with Crippen molar-refractivity contribution in [1.29, 1.82) is 0 Å². The number of Topliss-reactive ketones (excluding diaryl/α,β-unsaturated/α-hetero) is 1. The quantitative estimate of drug-likeness (QED) is 0.378. The molecule has 5 heteroatoms. The Morgan fingerprint density at radius 1 is 1.08 bits per heavy atom. The number of ether oxygens (including phenoxy) is 2. The standard InChI is InChI=1S/C21H40O5/c1-5-17-19(23)21(24,16-25-17)26-15-13-11-9-7-6-8-10-12-14-18(22)20(2,3)4/h17,19,23-24H,5-16H2,1-4H3/t17-,19?,21?/m1/s1. The van der Waals surface area contributed by atoms with Crippen LogP contribution < -0.4 is 0 Å². The molecule has 0 aromatic carbocycles. The number of rotatable bonds is 13. The van der Waals surface area contributed by atoms with Gasteiger partial charge in [0.1, 0.15) is 18.5 Å². The van der Waals surface area contributed by atoms with Crippen LogP contribution in [0.5, 0.6) is 0 Å². The van der Waals surface area contributed by atoms with E-state index in [9.17, 15) is 15.0 Å². The Labute approximate surface area is 159 Å². The summed E-state index contributed by atoms with van der Waals surface area (Å²) >= 11 is 0. The molecule has 0 aromatic rings. The summed E-state index contributed by atoms with van der Waals surface area (Å²) in [4.78, 5) is 11.8. The molecule has 0 radical (unpaired) electrons. The summed E-state index contributed by atoms with van der Waals surface area (Å²) in [5.41, 5.74) is -0.201. The van der Waals surface area contributed by atoms with Crippen LogP contribution in [0.3, 0.4) is 0 Å². The van der Waals surface area contributed by atoms with Crippen molar-refractivity contribution < 1.29 is 24.5 Å². The highest BCUT2D eigenvalue weighted by molar-refractivity contribution is 5.83. The zero-order valence-corrected chi connectivity index (χ0v) is 17.3. The van der Waals surface area contributed by atoms with E-state index in [2.05, 4.69) is 0 Å². The first-order valence-electron chi connectivity index (χ1n) is 10.4. The minimum atomic E-state index is -1.54. The lowest BCUT2D eigenvalue weighted by Crippen LogP contribution is -2.46. The van der Waals surface area contributed by atoms with E-state index in [0.717, 1.165) is 32.1 Å². The molecule has 2 unspecified atom stereocenters. The number of aliphatic hydroxyl groups is 2. The third-order valence-corrected chi connectivity index (χ3v) is 5.21. The van der Waals surface area contributed by atoms with Gasteiger partial charge in [-0.3, -0.25) is 4.79 Å². The lowest BCUT2D eigenvalue weighted by Gasteiger charge is -2.26. The molecule has 1 rings (SSSR count). The lowest BCUT2D eigenvalue weighted by molar-refractivity contribution is -0.239. The molecule has 1 aliphatic rings. The zero-order chi connectivity index (χ0) is 19.6. The molecule has 0 bridgehead atoms. The van der Waals surface area contributed by atoms with Crippen LogP contribution >= 0.6 is 0 Å². The monoisotopic (exact) mass is 372 g/mol. The van der Waals surface area contributed by atoms with Gasteiger partial charge in [0.2, 0.25) is 5.79 Å². The molecule has 1 fully saturated rings. The topological polar surface area (TPSA) is 76.0 Å². The van der Waals surface area contributed by atoms with Gasteiger partial charge in [0.05, 0.1) is 12.7 Å². The van der Waals surface area contributed by atoms with Gasteiger partial charge in [-0.25, -0.2) is 0 Å². The fourth-order valence-corrected chi connectivity index (χ4v) is 3.23. The number of hydrogen-bond acceptors (Lipinski definition) is 5. The highest BCUT2D eigenvalue weighted by Crippen LogP contribution is 2.28. The van der Waals surface area contributed by atoms with Crippen LogP contribution in [0.1, 0.15) is 91.9 Å². The van der Waals surface area contributed by atoms with E-state index in [1.54, 1.807) is 0 Å². The van der Waals surface area contributed by atoms with E-state index in [4.69, 9.17) is 9.47 Å². The third-order valence-electron chi connectivity index (χ3n) is 5.21. The Morgan fingerprint density at radius 3 is 2.12 bits per heavy atom. The molecule has 0 spiro atoms. The number of ketones is 1. The normalized spacial score (nSPS) is 26.4. The molecule has 3 atom stereocenters. The van der Waals surface area contributed by atoms with Gasteiger partial charge in [0.25, 0.3) is 0 Å². The molecular weight excluding hydrogens is 332 g/mol. The first-order valence-corrected chi connectivity index (χ1v) is 10.4. The zero-order valence-electron chi connectivity index (χ0n) is 17.3. The predicted molar refractivity (Wildman–Crippen MR) is 103 cm³/mol. The maximum absolute atomic E-state index is 11.8. The van der Waals surface area contributed by atoms with Crippen molar-refractivity contribution in [3.63, 3.8) is 0 Å². The number of unbranched alkanes of at least 4 members (excludes halogenated alkanes) is 7. The highest BCUT2D eigenvalue weighted by Gasteiger charge is 2.48. The molecule has 1 saturated heterocycles. The van der Waals surface area contributed by atoms with Crippen molar-refractivity contribution >= 4 is 5.78 Å². The minimum Gasteiger partial charge on any atom is -0.385 e. The molecule has 5 nitrogen and oxygen atoms in total. The third kappa shape index (κ3) is 8.03. The second kappa shape index (κ2) is 11.4. The molecule has 154 valence electrons. The number of aliphatic hydroxyl groups excluding tert-OH is 1. The number of carbonyl (C=O) groups excluding carboxylic acids is 1. The molecule has 0 aromatic heterocycles. The SMILES string of the molecule is CC[C@H]1OCC(O)(OCCCCCCCCCCC(=O)C(C)(C)C)C1O. The average molecular weight is 373 g/mol. The van der Waals surface area contributed by atoms with Crippen LogP contribution in [-0.4, -0.2) is 47.2 Å². The van der Waals surface area contributed by atoms with Crippen molar-refractivity contribution in [2.75, 3.05) is 13.2 Å². The van der Waals surface area contributed by atoms with E-state index in [0.29, 0.717) is 25.2 Å². The van der Waals surface area contributed by atoms with E-state index >= 15 is 0 Å². The average Bonchev–Trinajstić information content (AvgIpc) is 2.86. The molecular formula is C21H40O5. The van der Waals surface area contributed by atoms with E-state index < -0.39 is 11.9 Å². The summed E-state index contributed by atoms with van der Waals surface area (Å²) in [6.07, 6.45) is 8.90. The highest BCUT2D eigenvalue weighted by atomic mass is 16.7. The second-order valence-corrected chi connectivity index (χ2v) is 8.65. The first kappa shape index (κ1) is 23.5. The molecule has 0 aliphatic carbocycles. The van der Waals surface area contributed by atoms with Gasteiger partial charge in [0, 0.05) is 11.8 Å². The van der Waals surface area contributed by atoms with Crippen LogP contribution in [0.15, 0.2) is 0 Å². The second-order valence-electron chi connectivity index (χ2n) is 8.65. The van der Waals surface area contributed by atoms with Crippen LogP contribution in [0.4, 0.5) is 0 Å². The van der Waals surface area contributed by atoms with E-state index in [1.165, 1.54) is 19.3 Å². The van der Waals surface area contributed by atoms with Crippen LogP contribution in [0, 0.1) is 5.41 Å². The molecule has 0 amide bonds. The smallest absolute Gasteiger partial charge is 0.218 e. The number of carbonyl (C=O) groups is 1. The Kier molecular flexibility index (Phi) is 10.3. The van der Waals surface area contributed by atoms with Gasteiger partial charge < -0.3 is 19.7 Å². The summed E-state index contributed by atoms with van der Waals surface area (Å²) < 4.78 is 10.9. The summed E-state index contributed by atoms with van der Waals surface area (Å²) in [7, 11) is 0. The summed E-state index contributed by atoms with van der Waals surface area (Å²) in [6, 6.07) is 0. The summed E-state index contributed by atoms with van der Waals surface area (Å²) in [6.45, 7) is 8.37. The van der Waals surface area contributed by atoms with Gasteiger partial charge in [-0.05, 0) is 19.3 Å². The fourth-order valence-electron chi connectivity index (χ4n) is 3.23. The Hall–Kier alpha value is -0.490. The van der Waals surface area contributed by atoms with Crippen LogP contribution in [0.25, 0.3) is 0 Å². The maximum Gasteiger partial charge on any atom is 0.218 e. The van der Waals surface area contributed by atoms with Crippen LogP contribution in [0.2, 0.25) is 0 Å². The molecule has 1 heterocycles. The summed E-state index contributed by atoms with van der Waals surface area (Å²) in [5.74, 6) is -1.17. The predicted octanol–water partition coefficient (Wildman–Crippen LogP) is 3.99. The van der Waals surface area contributed by atoms with Crippen molar-refractivity contribution in [3.05, 3.63) is 0 Å². The van der Waals surface area contributed by atoms with E-state index in [1.807, 2.05) is 27.7 Å². The van der Waals surface area contributed by atoms with Gasteiger partial charge in [0.15, 0.2) is 0 Å². The van der Waals surface area contributed by atoms with Crippen molar-refractivity contribution in [1.82, 2.24) is 0 Å². The molecule has 1 aliphatic heterocycles. The van der Waals surface area contributed by atoms with Gasteiger partial charge in [-0.15, -0.1) is 0 Å². The lowest BCUT2D eigenvalue weighted by atomic mass is 9.88. The largest absolute Gasteiger partial charge is 0.385 e. The van der Waals surface area contributed by atoms with Crippen molar-refractivity contribution in [2.45, 2.75) is 110 Å². The summed E-state index contributed by atoms with van der Waals surface area (Å²) in [5, 5.41) is 20.3. The van der Waals surface area contributed by atoms with Crippen molar-refractivity contribution in [3.8, 4) is 0 Å². The molecule has 2 N–H and O–H groups in total. The Bertz CT molecular complexity index is 404. The fraction of sp³-hybridized carbons (Fsp3) is 0.952. The van der Waals surface area contributed by atoms with E-state index in [-0.39, 0.29) is 18.1 Å². The Morgan fingerprint density at radius 2 is 1.62 bits per heavy atom. The van der Waals surface area contributed by atoms with Crippen LogP contribution in [-0.2, 0) is 14.3 Å². The minimum absolute atomic E-state index is 0.0460. The van der Waals surface area contributed by atoms with Gasteiger partial charge >= 0.3 is 0 Å². The maximum atomic E-state index is 11.8. The van der Waals surface area contributed by atoms with Crippen molar-refractivity contribution in [2.24, 2.45) is 5.41 Å². The Balaban J connectivity index is 1.93. The number of hydrogen-bond donors (Lipinski definition) is 2. The molecule has 26 heavy (non-hydrogen) atoms. The first-order chi connectivity index (χ1) is 12.2. The van der Waals surface area contributed by atoms with Gasteiger partial charge in [-0.1, -0.05) is 66.2 Å². The van der Waals surface area contributed by atoms with Gasteiger partial charge in [-0.2, -0.15) is 0 Å². The molecule has 0 saturated carbocycles.